The Labute approximate surface area is 137 Å². The predicted octanol–water partition coefficient (Wildman–Crippen LogP) is 4.98. The Hall–Kier alpha value is -1.52. The lowest BCUT2D eigenvalue weighted by atomic mass is 10.1. The summed E-state index contributed by atoms with van der Waals surface area (Å²) in [7, 11) is 0. The number of aryl methyl sites for hydroxylation is 2. The van der Waals surface area contributed by atoms with Crippen LogP contribution in [0.1, 0.15) is 16.8 Å². The minimum atomic E-state index is 0.680. The fourth-order valence-corrected chi connectivity index (χ4v) is 2.74. The highest BCUT2D eigenvalue weighted by atomic mass is 79.9. The Morgan fingerprint density at radius 2 is 1.90 bits per heavy atom. The number of pyridine rings is 1. The Kier molecular flexibility index (Phi) is 3.91. The third kappa shape index (κ3) is 3.06. The zero-order chi connectivity index (χ0) is 15.0. The Bertz CT molecular complexity index is 787. The zero-order valence-corrected chi connectivity index (χ0v) is 14.2. The van der Waals surface area contributed by atoms with Gasteiger partial charge < -0.3 is 9.72 Å². The van der Waals surface area contributed by atoms with Gasteiger partial charge in [0.05, 0.1) is 17.3 Å². The van der Waals surface area contributed by atoms with Gasteiger partial charge in [-0.25, -0.2) is 4.98 Å². The van der Waals surface area contributed by atoms with E-state index in [1.165, 1.54) is 11.1 Å². The summed E-state index contributed by atoms with van der Waals surface area (Å²) in [5.41, 5.74) is 5.43. The van der Waals surface area contributed by atoms with Crippen LogP contribution < -0.4 is 5.32 Å². The SMILES string of the molecule is Cc1cc(NCc2cn3cc(Cl)ccc3n2)cc(C)c1Br. The fourth-order valence-electron chi connectivity index (χ4n) is 2.34. The molecule has 21 heavy (non-hydrogen) atoms. The Balaban J connectivity index is 1.80. The fraction of sp³-hybridized carbons (Fsp3) is 0.188. The van der Waals surface area contributed by atoms with Crippen molar-refractivity contribution in [3.63, 3.8) is 0 Å². The van der Waals surface area contributed by atoms with Crippen LogP contribution in [-0.2, 0) is 6.54 Å². The summed E-state index contributed by atoms with van der Waals surface area (Å²) >= 11 is 9.57. The molecule has 3 rings (SSSR count). The molecule has 3 aromatic rings. The summed E-state index contributed by atoms with van der Waals surface area (Å²) in [6, 6.07) is 8.02. The van der Waals surface area contributed by atoms with Crippen LogP contribution in [0, 0.1) is 13.8 Å². The van der Waals surface area contributed by atoms with Gasteiger partial charge in [0.2, 0.25) is 0 Å². The topological polar surface area (TPSA) is 29.3 Å². The van der Waals surface area contributed by atoms with Gasteiger partial charge in [-0.15, -0.1) is 0 Å². The van der Waals surface area contributed by atoms with Crippen molar-refractivity contribution in [3.05, 3.63) is 63.0 Å². The molecule has 0 unspecified atom stereocenters. The molecule has 1 N–H and O–H groups in total. The number of benzene rings is 1. The first-order chi connectivity index (χ1) is 10.0. The second kappa shape index (κ2) is 5.70. The maximum Gasteiger partial charge on any atom is 0.137 e. The van der Waals surface area contributed by atoms with E-state index >= 15 is 0 Å². The van der Waals surface area contributed by atoms with Gasteiger partial charge in [-0.1, -0.05) is 27.5 Å². The predicted molar refractivity (Wildman–Crippen MR) is 91.1 cm³/mol. The number of nitrogens with zero attached hydrogens (tertiary/aromatic N) is 2. The Morgan fingerprint density at radius 3 is 2.62 bits per heavy atom. The molecule has 0 saturated heterocycles. The third-order valence-electron chi connectivity index (χ3n) is 3.37. The van der Waals surface area contributed by atoms with Crippen molar-refractivity contribution in [2.24, 2.45) is 0 Å². The molecule has 3 nitrogen and oxygen atoms in total. The van der Waals surface area contributed by atoms with Crippen molar-refractivity contribution in [2.45, 2.75) is 20.4 Å². The van der Waals surface area contributed by atoms with Gasteiger partial charge in [-0.2, -0.15) is 0 Å². The van der Waals surface area contributed by atoms with Gasteiger partial charge in [0.1, 0.15) is 5.65 Å². The molecule has 2 aromatic heterocycles. The van der Waals surface area contributed by atoms with Gasteiger partial charge in [-0.3, -0.25) is 0 Å². The number of fused-ring (bicyclic) bond motifs is 1. The van der Waals surface area contributed by atoms with Crippen LogP contribution in [0.3, 0.4) is 0 Å². The molecule has 5 heteroatoms. The van der Waals surface area contributed by atoms with Crippen LogP contribution in [0.5, 0.6) is 0 Å². The lowest BCUT2D eigenvalue weighted by molar-refractivity contribution is 1.08. The van der Waals surface area contributed by atoms with Crippen LogP contribution in [-0.4, -0.2) is 9.38 Å². The number of imidazole rings is 1. The molecule has 1 aromatic carbocycles. The standard InChI is InChI=1S/C16H15BrClN3/c1-10-5-13(6-11(2)16(10)17)19-7-14-9-21-8-12(18)3-4-15(21)20-14/h3-6,8-9,19H,7H2,1-2H3. The molecule has 0 radical (unpaired) electrons. The van der Waals surface area contributed by atoms with Crippen molar-refractivity contribution >= 4 is 38.9 Å². The highest BCUT2D eigenvalue weighted by Gasteiger charge is 2.05. The van der Waals surface area contributed by atoms with E-state index in [1.54, 1.807) is 0 Å². The molecule has 0 atom stereocenters. The van der Waals surface area contributed by atoms with E-state index in [0.717, 1.165) is 21.5 Å². The Morgan fingerprint density at radius 1 is 1.19 bits per heavy atom. The number of hydrogen-bond donors (Lipinski definition) is 1. The van der Waals surface area contributed by atoms with Gasteiger partial charge >= 0.3 is 0 Å². The van der Waals surface area contributed by atoms with Gasteiger partial charge in [0.15, 0.2) is 0 Å². The molecule has 0 fully saturated rings. The summed E-state index contributed by atoms with van der Waals surface area (Å²) in [4.78, 5) is 4.56. The third-order valence-corrected chi connectivity index (χ3v) is 4.85. The zero-order valence-electron chi connectivity index (χ0n) is 11.8. The quantitative estimate of drug-likeness (QED) is 0.710. The lowest BCUT2D eigenvalue weighted by Gasteiger charge is -2.09. The van der Waals surface area contributed by atoms with Crippen LogP contribution in [0.25, 0.3) is 5.65 Å². The number of nitrogens with one attached hydrogen (secondary N) is 1. The van der Waals surface area contributed by atoms with Gasteiger partial charge in [-0.05, 0) is 49.2 Å². The average Bonchev–Trinajstić information content (AvgIpc) is 2.84. The first-order valence-corrected chi connectivity index (χ1v) is 7.84. The molecule has 0 aliphatic rings. The van der Waals surface area contributed by atoms with Crippen molar-refractivity contribution in [3.8, 4) is 0 Å². The summed E-state index contributed by atoms with van der Waals surface area (Å²) in [6.07, 6.45) is 3.86. The van der Waals surface area contributed by atoms with E-state index < -0.39 is 0 Å². The molecular weight excluding hydrogens is 350 g/mol. The molecule has 0 aliphatic heterocycles. The van der Waals surface area contributed by atoms with E-state index in [1.807, 2.05) is 28.9 Å². The summed E-state index contributed by atoms with van der Waals surface area (Å²) in [5, 5.41) is 4.12. The van der Waals surface area contributed by atoms with Crippen molar-refractivity contribution < 1.29 is 0 Å². The van der Waals surface area contributed by atoms with Gasteiger partial charge in [0.25, 0.3) is 0 Å². The largest absolute Gasteiger partial charge is 0.379 e. The van der Waals surface area contributed by atoms with Crippen LogP contribution >= 0.6 is 27.5 Å². The maximum absolute atomic E-state index is 5.98. The van der Waals surface area contributed by atoms with E-state index in [-0.39, 0.29) is 0 Å². The van der Waals surface area contributed by atoms with E-state index in [2.05, 4.69) is 52.2 Å². The summed E-state index contributed by atoms with van der Waals surface area (Å²) < 4.78 is 3.10. The minimum absolute atomic E-state index is 0.680. The average molecular weight is 365 g/mol. The molecular formula is C16H15BrClN3. The summed E-state index contributed by atoms with van der Waals surface area (Å²) in [6.45, 7) is 4.87. The van der Waals surface area contributed by atoms with E-state index in [9.17, 15) is 0 Å². The van der Waals surface area contributed by atoms with Gasteiger partial charge in [0, 0.05) is 22.6 Å². The summed E-state index contributed by atoms with van der Waals surface area (Å²) in [5.74, 6) is 0. The number of rotatable bonds is 3. The first-order valence-electron chi connectivity index (χ1n) is 6.67. The molecule has 0 amide bonds. The number of hydrogen-bond acceptors (Lipinski definition) is 2. The molecule has 2 heterocycles. The maximum atomic E-state index is 5.98. The van der Waals surface area contributed by atoms with Crippen molar-refractivity contribution in [2.75, 3.05) is 5.32 Å². The highest BCUT2D eigenvalue weighted by molar-refractivity contribution is 9.10. The first kappa shape index (κ1) is 14.4. The molecule has 0 aliphatic carbocycles. The van der Waals surface area contributed by atoms with Crippen LogP contribution in [0.4, 0.5) is 5.69 Å². The molecule has 0 spiro atoms. The number of halogens is 2. The van der Waals surface area contributed by atoms with Crippen molar-refractivity contribution in [1.29, 1.82) is 0 Å². The molecule has 0 bridgehead atoms. The smallest absolute Gasteiger partial charge is 0.137 e. The lowest BCUT2D eigenvalue weighted by Crippen LogP contribution is -2.00. The van der Waals surface area contributed by atoms with E-state index in [0.29, 0.717) is 11.6 Å². The van der Waals surface area contributed by atoms with Crippen molar-refractivity contribution in [1.82, 2.24) is 9.38 Å². The minimum Gasteiger partial charge on any atom is -0.379 e. The molecule has 0 saturated carbocycles. The number of aromatic nitrogens is 2. The van der Waals surface area contributed by atoms with E-state index in [4.69, 9.17) is 11.6 Å². The molecule has 108 valence electrons. The van der Waals surface area contributed by atoms with Crippen LogP contribution in [0.2, 0.25) is 5.02 Å². The second-order valence-electron chi connectivity index (χ2n) is 5.12. The highest BCUT2D eigenvalue weighted by Crippen LogP contribution is 2.25. The number of anilines is 1. The monoisotopic (exact) mass is 363 g/mol. The second-order valence-corrected chi connectivity index (χ2v) is 6.35. The van der Waals surface area contributed by atoms with Crippen LogP contribution in [0.15, 0.2) is 41.1 Å². The normalized spacial score (nSPS) is 11.0.